The third-order valence-corrected chi connectivity index (χ3v) is 5.28. The van der Waals surface area contributed by atoms with Gasteiger partial charge in [-0.2, -0.15) is 10.4 Å². The maximum absolute atomic E-state index is 14.1. The van der Waals surface area contributed by atoms with Crippen molar-refractivity contribution < 1.29 is 22.8 Å². The maximum Gasteiger partial charge on any atom is 0.338 e. The summed E-state index contributed by atoms with van der Waals surface area (Å²) in [6, 6.07) is 3.70. The molecule has 0 spiro atoms. The quantitative estimate of drug-likeness (QED) is 0.479. The molecule has 1 saturated heterocycles. The van der Waals surface area contributed by atoms with Gasteiger partial charge in [0.25, 0.3) is 5.91 Å². The van der Waals surface area contributed by atoms with E-state index >= 15 is 0 Å². The summed E-state index contributed by atoms with van der Waals surface area (Å²) in [7, 11) is 0. The fourth-order valence-electron chi connectivity index (χ4n) is 3.60. The van der Waals surface area contributed by atoms with E-state index in [-0.39, 0.29) is 37.7 Å². The van der Waals surface area contributed by atoms with Crippen LogP contribution in [0, 0.1) is 28.8 Å². The van der Waals surface area contributed by atoms with Crippen molar-refractivity contribution in [1.29, 1.82) is 5.26 Å². The summed E-state index contributed by atoms with van der Waals surface area (Å²) in [5.41, 5.74) is 0.637. The van der Waals surface area contributed by atoms with E-state index in [1.165, 1.54) is 17.2 Å². The molecule has 3 heterocycles. The number of urea groups is 1. The first kappa shape index (κ1) is 23.7. The zero-order valence-electron chi connectivity index (χ0n) is 18.2. The zero-order valence-corrected chi connectivity index (χ0v) is 18.2. The number of hydrogen-bond acceptors (Lipinski definition) is 7. The van der Waals surface area contributed by atoms with Gasteiger partial charge in [0.1, 0.15) is 11.6 Å². The molecular weight excluding hydrogens is 465 g/mol. The molecule has 1 aromatic carbocycles. The second kappa shape index (κ2) is 10.2. The average Bonchev–Trinajstić information content (AvgIpc) is 3.29. The summed E-state index contributed by atoms with van der Waals surface area (Å²) in [5, 5.41) is 19.1. The van der Waals surface area contributed by atoms with Gasteiger partial charge in [-0.15, -0.1) is 0 Å². The average molecular weight is 484 g/mol. The topological polar surface area (TPSA) is 127 Å². The number of nitrogens with zero attached hydrogens (tertiary/aromatic N) is 6. The summed E-state index contributed by atoms with van der Waals surface area (Å²) < 4.78 is 41.2. The van der Waals surface area contributed by atoms with Crippen LogP contribution in [-0.4, -0.2) is 64.2 Å². The van der Waals surface area contributed by atoms with Gasteiger partial charge in [0.2, 0.25) is 5.95 Å². The van der Waals surface area contributed by atoms with E-state index in [0.717, 1.165) is 35.0 Å². The second-order valence-electron chi connectivity index (χ2n) is 7.74. The Kier molecular flexibility index (Phi) is 6.91. The fourth-order valence-corrected chi connectivity index (χ4v) is 3.60. The van der Waals surface area contributed by atoms with Crippen LogP contribution in [-0.2, 0) is 0 Å². The highest BCUT2D eigenvalue weighted by molar-refractivity contribution is 5.94. The highest BCUT2D eigenvalue weighted by atomic mass is 19.1. The molecular formula is C22H19F3N8O2. The van der Waals surface area contributed by atoms with Gasteiger partial charge in [0.05, 0.1) is 18.3 Å². The lowest BCUT2D eigenvalue weighted by molar-refractivity contribution is 0.0716. The van der Waals surface area contributed by atoms with Crippen LogP contribution in [0.4, 0.5) is 23.9 Å². The van der Waals surface area contributed by atoms with Crippen molar-refractivity contribution >= 4 is 24.1 Å². The summed E-state index contributed by atoms with van der Waals surface area (Å²) in [4.78, 5) is 34.0. The van der Waals surface area contributed by atoms with E-state index in [9.17, 15) is 22.8 Å². The minimum atomic E-state index is -0.877. The molecule has 0 radical (unpaired) electrons. The zero-order chi connectivity index (χ0) is 24.9. The molecule has 180 valence electrons. The fraction of sp³-hybridized carbons (Fsp3) is 0.273. The third kappa shape index (κ3) is 5.37. The monoisotopic (exact) mass is 484 g/mol. The molecule has 0 unspecified atom stereocenters. The number of halogens is 3. The van der Waals surface area contributed by atoms with E-state index in [1.807, 2.05) is 6.07 Å². The molecule has 0 bridgehead atoms. The van der Waals surface area contributed by atoms with Gasteiger partial charge in [-0.1, -0.05) is 0 Å². The first-order chi connectivity index (χ1) is 16.9. The minimum absolute atomic E-state index is 0.00961. The summed E-state index contributed by atoms with van der Waals surface area (Å²) in [6.07, 6.45) is 4.00. The molecule has 0 aliphatic carbocycles. The first-order valence-corrected chi connectivity index (χ1v) is 10.5. The molecule has 3 amide bonds. The number of aromatic nitrogens is 2. The van der Waals surface area contributed by atoms with Crippen molar-refractivity contribution in [3.05, 3.63) is 64.8 Å². The van der Waals surface area contributed by atoms with Gasteiger partial charge < -0.3 is 15.5 Å². The molecule has 2 aliphatic rings. The lowest BCUT2D eigenvalue weighted by atomic mass is 10.0. The Labute approximate surface area is 197 Å². The summed E-state index contributed by atoms with van der Waals surface area (Å²) in [6.45, 7) is 0.688. The third-order valence-electron chi connectivity index (χ3n) is 5.28. The van der Waals surface area contributed by atoms with Crippen LogP contribution in [0.5, 0.6) is 0 Å². The Bertz CT molecular complexity index is 1230. The van der Waals surface area contributed by atoms with Crippen molar-refractivity contribution in [1.82, 2.24) is 25.2 Å². The molecule has 10 nitrogen and oxygen atoms in total. The van der Waals surface area contributed by atoms with E-state index in [1.54, 1.807) is 0 Å². The number of likely N-dealkylation sites (tertiary alicyclic amines) is 1. The molecule has 4 rings (SSSR count). The van der Waals surface area contributed by atoms with Gasteiger partial charge >= 0.3 is 6.03 Å². The number of nitrogens with one attached hydrogen (secondary N) is 2. The van der Waals surface area contributed by atoms with Gasteiger partial charge in [-0.3, -0.25) is 4.79 Å². The summed E-state index contributed by atoms with van der Waals surface area (Å²) in [5.74, 6) is -3.01. The SMILES string of the molecule is N#CC=C1CN(C(=O)c2nc(NCCNC(=O)N3N=CC[C@H]3c3cc(F)cc(F)c3)ncc2F)C1. The lowest BCUT2D eigenvalue weighted by Crippen LogP contribution is -2.45. The normalized spacial score (nSPS) is 16.5. The molecule has 2 aromatic rings. The number of carbonyl (C=O) groups excluding carboxylic acids is 2. The predicted molar refractivity (Wildman–Crippen MR) is 118 cm³/mol. The predicted octanol–water partition coefficient (Wildman–Crippen LogP) is 2.35. The molecule has 0 saturated carbocycles. The number of rotatable bonds is 6. The Morgan fingerprint density at radius 2 is 1.91 bits per heavy atom. The Hall–Kier alpha value is -4.47. The Morgan fingerprint density at radius 3 is 2.63 bits per heavy atom. The minimum Gasteiger partial charge on any atom is -0.352 e. The van der Waals surface area contributed by atoms with Gasteiger partial charge in [-0.25, -0.2) is 32.9 Å². The second-order valence-corrected chi connectivity index (χ2v) is 7.74. The number of hydrazone groups is 1. The molecule has 2 aliphatic heterocycles. The van der Waals surface area contributed by atoms with Crippen molar-refractivity contribution in [3.63, 3.8) is 0 Å². The van der Waals surface area contributed by atoms with E-state index in [2.05, 4.69) is 25.7 Å². The number of carbonyl (C=O) groups is 2. The number of benzene rings is 1. The summed E-state index contributed by atoms with van der Waals surface area (Å²) >= 11 is 0. The standard InChI is InChI=1S/C22H19F3N8O2/c23-15-7-14(8-16(24)9-15)18-2-4-30-33(18)22(35)28-6-5-27-21-29-10-17(25)19(31-21)20(34)32-11-13(12-32)1-3-26/h1,4,7-10,18H,2,5-6,11-12H2,(H,28,35)(H,27,29,31)/t18-/m0/s1. The van der Waals surface area contributed by atoms with Crippen LogP contribution >= 0.6 is 0 Å². The smallest absolute Gasteiger partial charge is 0.338 e. The van der Waals surface area contributed by atoms with Crippen molar-refractivity contribution in [2.24, 2.45) is 5.10 Å². The van der Waals surface area contributed by atoms with Gasteiger partial charge in [0, 0.05) is 51.0 Å². The van der Waals surface area contributed by atoms with Crippen LogP contribution in [0.15, 0.2) is 41.1 Å². The molecule has 2 N–H and O–H groups in total. The van der Waals surface area contributed by atoms with Crippen molar-refractivity contribution in [2.75, 3.05) is 31.5 Å². The Balaban J connectivity index is 1.29. The molecule has 13 heteroatoms. The van der Waals surface area contributed by atoms with Gasteiger partial charge in [-0.05, 0) is 23.3 Å². The van der Waals surface area contributed by atoms with E-state index in [0.29, 0.717) is 6.42 Å². The molecule has 1 atom stereocenters. The van der Waals surface area contributed by atoms with Gasteiger partial charge in [0.15, 0.2) is 11.5 Å². The number of nitriles is 1. The highest BCUT2D eigenvalue weighted by Gasteiger charge is 2.30. The van der Waals surface area contributed by atoms with Crippen LogP contribution < -0.4 is 10.6 Å². The van der Waals surface area contributed by atoms with Crippen molar-refractivity contribution in [3.8, 4) is 6.07 Å². The highest BCUT2D eigenvalue weighted by Crippen LogP contribution is 2.29. The lowest BCUT2D eigenvalue weighted by Gasteiger charge is -2.33. The Morgan fingerprint density at radius 1 is 1.17 bits per heavy atom. The van der Waals surface area contributed by atoms with Crippen molar-refractivity contribution in [2.45, 2.75) is 12.5 Å². The molecule has 1 aromatic heterocycles. The van der Waals surface area contributed by atoms with Crippen LogP contribution in [0.1, 0.15) is 28.5 Å². The maximum atomic E-state index is 14.1. The number of anilines is 1. The van der Waals surface area contributed by atoms with E-state index in [4.69, 9.17) is 5.26 Å². The number of amides is 3. The number of allylic oxidation sites excluding steroid dienone is 1. The van der Waals surface area contributed by atoms with Crippen LogP contribution in [0.3, 0.4) is 0 Å². The van der Waals surface area contributed by atoms with Crippen LogP contribution in [0.25, 0.3) is 0 Å². The molecule has 35 heavy (non-hydrogen) atoms. The number of hydrogen-bond donors (Lipinski definition) is 2. The van der Waals surface area contributed by atoms with E-state index < -0.39 is 41.1 Å². The molecule has 1 fully saturated rings. The van der Waals surface area contributed by atoms with Crippen LogP contribution in [0.2, 0.25) is 0 Å². The first-order valence-electron chi connectivity index (χ1n) is 10.5. The largest absolute Gasteiger partial charge is 0.352 e.